The quantitative estimate of drug-likeness (QED) is 0.289. The van der Waals surface area contributed by atoms with E-state index in [1.165, 1.54) is 22.8 Å². The van der Waals surface area contributed by atoms with Crippen molar-refractivity contribution < 1.29 is 19.0 Å². The number of hydrogen-bond acceptors (Lipinski definition) is 6. The number of Topliss-reactive ketones (excluding diaryl/α,β-unsaturated/α-hetero) is 1. The molecule has 2 aromatic carbocycles. The molecule has 6 nitrogen and oxygen atoms in total. The van der Waals surface area contributed by atoms with Crippen molar-refractivity contribution in [3.8, 4) is 22.8 Å². The summed E-state index contributed by atoms with van der Waals surface area (Å²) in [7, 11) is 1.42. The van der Waals surface area contributed by atoms with Gasteiger partial charge in [-0.1, -0.05) is 47.2 Å². The Morgan fingerprint density at radius 3 is 2.70 bits per heavy atom. The van der Waals surface area contributed by atoms with E-state index < -0.39 is 6.67 Å². The topological polar surface area (TPSA) is 80.9 Å². The van der Waals surface area contributed by atoms with Gasteiger partial charge in [-0.25, -0.2) is 4.98 Å². The fourth-order valence-corrected chi connectivity index (χ4v) is 4.58. The van der Waals surface area contributed by atoms with Gasteiger partial charge in [0.1, 0.15) is 0 Å². The molecule has 2 aromatic heterocycles. The van der Waals surface area contributed by atoms with E-state index in [2.05, 4.69) is 4.98 Å². The van der Waals surface area contributed by atoms with Crippen LogP contribution >= 0.6 is 22.9 Å². The Kier molecular flexibility index (Phi) is 6.76. The molecule has 0 radical (unpaired) electrons. The van der Waals surface area contributed by atoms with E-state index in [-0.39, 0.29) is 27.9 Å². The molecule has 0 atom stereocenters. The molecule has 0 aliphatic carbocycles. The lowest BCUT2D eigenvalue weighted by Gasteiger charge is -2.05. The van der Waals surface area contributed by atoms with Crippen LogP contribution in [0.5, 0.6) is 11.5 Å². The first kappa shape index (κ1) is 22.9. The smallest absolute Gasteiger partial charge is 0.274 e. The van der Waals surface area contributed by atoms with Gasteiger partial charge in [-0.3, -0.25) is 18.4 Å². The lowest BCUT2D eigenvalue weighted by atomic mass is 10.0. The number of thiazole rings is 1. The van der Waals surface area contributed by atoms with Crippen molar-refractivity contribution in [2.75, 3.05) is 13.8 Å². The summed E-state index contributed by atoms with van der Waals surface area (Å²) in [5.41, 5.74) is 2.37. The monoisotopic (exact) mass is 486 g/mol. The Balaban J connectivity index is 1.61. The van der Waals surface area contributed by atoms with Crippen molar-refractivity contribution in [3.05, 3.63) is 73.6 Å². The summed E-state index contributed by atoms with van der Waals surface area (Å²) < 4.78 is 19.2. The summed E-state index contributed by atoms with van der Waals surface area (Å²) in [5, 5.41) is 10.0. The molecule has 0 aliphatic heterocycles. The molecule has 9 heteroatoms. The van der Waals surface area contributed by atoms with Gasteiger partial charge < -0.3 is 9.84 Å². The highest BCUT2D eigenvalue weighted by Gasteiger charge is 2.13. The molecule has 1 N–H and O–H groups in total. The molecule has 0 saturated heterocycles. The highest BCUT2D eigenvalue weighted by atomic mass is 35.5. The van der Waals surface area contributed by atoms with E-state index in [1.54, 1.807) is 48.7 Å². The van der Waals surface area contributed by atoms with Gasteiger partial charge in [0, 0.05) is 23.7 Å². The molecule has 33 heavy (non-hydrogen) atoms. The highest BCUT2D eigenvalue weighted by Crippen LogP contribution is 2.35. The normalized spacial score (nSPS) is 11.9. The number of nitrogens with zero attached hydrogens (tertiary/aromatic N) is 2. The molecule has 0 bridgehead atoms. The maximum Gasteiger partial charge on any atom is 0.274 e. The zero-order valence-electron chi connectivity index (χ0n) is 17.7. The predicted molar refractivity (Wildman–Crippen MR) is 127 cm³/mol. The van der Waals surface area contributed by atoms with Gasteiger partial charge in [0.25, 0.3) is 5.56 Å². The van der Waals surface area contributed by atoms with E-state index in [0.29, 0.717) is 45.6 Å². The van der Waals surface area contributed by atoms with E-state index in [4.69, 9.17) is 16.3 Å². The number of ketones is 1. The number of aromatic hydroxyl groups is 1. The largest absolute Gasteiger partial charge is 0.503 e. The van der Waals surface area contributed by atoms with Crippen molar-refractivity contribution in [2.24, 2.45) is 0 Å². The Labute approximate surface area is 197 Å². The first-order chi connectivity index (χ1) is 15.9. The Morgan fingerprint density at radius 2 is 2.03 bits per heavy atom. The van der Waals surface area contributed by atoms with Gasteiger partial charge >= 0.3 is 0 Å². The predicted octanol–water partition coefficient (Wildman–Crippen LogP) is 4.66. The zero-order chi connectivity index (χ0) is 23.5. The number of carbonyl (C=O) groups excluding carboxylic acids is 1. The molecule has 0 aliphatic rings. The summed E-state index contributed by atoms with van der Waals surface area (Å²) in [5.74, 6) is 0.0414. The highest BCUT2D eigenvalue weighted by molar-refractivity contribution is 7.15. The lowest BCUT2D eigenvalue weighted by Crippen LogP contribution is -2.22. The lowest BCUT2D eigenvalue weighted by molar-refractivity contribution is 0.0979. The SMILES string of the molecule is COc1cc(/C=c2\sc3nc(-c4ccc(C(=O)CCCCF)cc4)cn3c2=O)cc(Cl)c1O. The number of hydrogen-bond donors (Lipinski definition) is 1. The first-order valence-electron chi connectivity index (χ1n) is 10.2. The number of phenols is 1. The number of fused-ring (bicyclic) bond motifs is 1. The van der Waals surface area contributed by atoms with Crippen molar-refractivity contribution >= 4 is 39.8 Å². The van der Waals surface area contributed by atoms with Crippen molar-refractivity contribution in [2.45, 2.75) is 19.3 Å². The number of halogens is 2. The number of methoxy groups -OCH3 is 1. The molecule has 0 unspecified atom stereocenters. The number of rotatable bonds is 8. The molecule has 0 fully saturated rings. The number of ether oxygens (including phenoxy) is 1. The molecule has 0 spiro atoms. The third-order valence-electron chi connectivity index (χ3n) is 5.16. The van der Waals surface area contributed by atoms with Crippen LogP contribution in [-0.2, 0) is 0 Å². The molecule has 170 valence electrons. The summed E-state index contributed by atoms with van der Waals surface area (Å²) in [6.45, 7) is -0.415. The molecular formula is C24H20ClFN2O4S. The second-order valence-electron chi connectivity index (χ2n) is 7.39. The first-order valence-corrected chi connectivity index (χ1v) is 11.4. The zero-order valence-corrected chi connectivity index (χ0v) is 19.3. The van der Waals surface area contributed by atoms with E-state index in [9.17, 15) is 19.1 Å². The molecule has 4 rings (SSSR count). The van der Waals surface area contributed by atoms with E-state index in [0.717, 1.165) is 5.56 Å². The third kappa shape index (κ3) is 4.77. The fraction of sp³-hybridized carbons (Fsp3) is 0.208. The summed E-state index contributed by atoms with van der Waals surface area (Å²) in [6.07, 6.45) is 4.57. The van der Waals surface area contributed by atoms with Crippen molar-refractivity contribution in [1.82, 2.24) is 9.38 Å². The Morgan fingerprint density at radius 1 is 1.27 bits per heavy atom. The molecule has 0 amide bonds. The fourth-order valence-electron chi connectivity index (χ4n) is 3.41. The van der Waals surface area contributed by atoms with Crippen molar-refractivity contribution in [1.29, 1.82) is 0 Å². The molecule has 2 heterocycles. The summed E-state index contributed by atoms with van der Waals surface area (Å²) in [6, 6.07) is 10.2. The van der Waals surface area contributed by atoms with E-state index in [1.807, 2.05) is 0 Å². The van der Waals surface area contributed by atoms with Crippen LogP contribution in [0.15, 0.2) is 47.4 Å². The van der Waals surface area contributed by atoms with Gasteiger partial charge in [-0.2, -0.15) is 0 Å². The molecular weight excluding hydrogens is 467 g/mol. The maximum atomic E-state index is 12.9. The average molecular weight is 487 g/mol. The number of alkyl halides is 1. The van der Waals surface area contributed by atoms with Crippen LogP contribution in [0.1, 0.15) is 35.2 Å². The van der Waals surface area contributed by atoms with Gasteiger partial charge in [0.05, 0.1) is 29.0 Å². The third-order valence-corrected chi connectivity index (χ3v) is 6.43. The number of unbranched alkanes of at least 4 members (excludes halogenated alkanes) is 1. The minimum Gasteiger partial charge on any atom is -0.503 e. The van der Waals surface area contributed by atoms with Crippen LogP contribution in [0.25, 0.3) is 22.3 Å². The van der Waals surface area contributed by atoms with Crippen LogP contribution in [0.4, 0.5) is 4.39 Å². The van der Waals surface area contributed by atoms with Gasteiger partial charge in [0.2, 0.25) is 0 Å². The van der Waals surface area contributed by atoms with Gasteiger partial charge in [-0.05, 0) is 36.6 Å². The Bertz CT molecular complexity index is 1430. The van der Waals surface area contributed by atoms with Gasteiger partial charge in [-0.15, -0.1) is 0 Å². The van der Waals surface area contributed by atoms with Crippen LogP contribution in [0, 0.1) is 0 Å². The van der Waals surface area contributed by atoms with E-state index >= 15 is 0 Å². The number of carbonyl (C=O) groups is 1. The minimum absolute atomic E-state index is 0.0196. The standard InChI is InChI=1S/C24H20ClFN2O4S/c1-32-20-11-14(10-17(25)22(20)30)12-21-23(31)28-13-18(27-24(28)33-21)15-5-7-16(8-6-15)19(29)4-2-3-9-26/h5-8,10-13,30H,2-4,9H2,1H3/b21-12-. The number of aromatic nitrogens is 2. The number of phenolic OH excluding ortho intramolecular Hbond substituents is 1. The van der Waals surface area contributed by atoms with Crippen LogP contribution in [-0.4, -0.2) is 34.1 Å². The van der Waals surface area contributed by atoms with Crippen LogP contribution < -0.4 is 14.8 Å². The number of benzene rings is 2. The van der Waals surface area contributed by atoms with Crippen LogP contribution in [0.3, 0.4) is 0 Å². The summed E-state index contributed by atoms with van der Waals surface area (Å²) in [4.78, 5) is 30.1. The second-order valence-corrected chi connectivity index (χ2v) is 8.81. The minimum atomic E-state index is -0.415. The van der Waals surface area contributed by atoms with Crippen molar-refractivity contribution in [3.63, 3.8) is 0 Å². The molecule has 4 aromatic rings. The Hall–Kier alpha value is -3.23. The summed E-state index contributed by atoms with van der Waals surface area (Å²) >= 11 is 7.26. The molecule has 0 saturated carbocycles. The average Bonchev–Trinajstić information content (AvgIpc) is 3.35. The second kappa shape index (κ2) is 9.72. The maximum absolute atomic E-state index is 12.9. The van der Waals surface area contributed by atoms with Crippen LogP contribution in [0.2, 0.25) is 5.02 Å². The van der Waals surface area contributed by atoms with Gasteiger partial charge in [0.15, 0.2) is 22.2 Å². The number of imidazole rings is 1.